The van der Waals surface area contributed by atoms with Crippen LogP contribution in [0.4, 0.5) is 11.7 Å². The van der Waals surface area contributed by atoms with Crippen LogP contribution in [0.3, 0.4) is 0 Å². The maximum absolute atomic E-state index is 8.91. The molecule has 5 nitrogen and oxygen atoms in total. The van der Waals surface area contributed by atoms with Crippen LogP contribution in [0.15, 0.2) is 22.6 Å². The first-order chi connectivity index (χ1) is 8.22. The number of nitrogen functional groups attached to an aromatic ring is 1. The van der Waals surface area contributed by atoms with Gasteiger partial charge in [0.15, 0.2) is 5.58 Å². The Balaban J connectivity index is 2.18. The molecule has 17 heavy (non-hydrogen) atoms. The molecular weight excluding hydrogens is 218 g/mol. The van der Waals surface area contributed by atoms with E-state index in [1.54, 1.807) is 18.2 Å². The molecule has 0 bridgehead atoms. The van der Waals surface area contributed by atoms with Gasteiger partial charge in [-0.15, -0.1) is 0 Å². The molecule has 0 radical (unpaired) electrons. The predicted molar refractivity (Wildman–Crippen MR) is 67.8 cm³/mol. The topological polar surface area (TPSA) is 84.3 Å². The van der Waals surface area contributed by atoms with Crippen LogP contribution in [-0.4, -0.2) is 22.7 Å². The van der Waals surface area contributed by atoms with E-state index >= 15 is 0 Å². The van der Waals surface area contributed by atoms with Crippen molar-refractivity contribution in [2.75, 3.05) is 17.7 Å². The first kappa shape index (κ1) is 11.7. The molecule has 1 aromatic carbocycles. The van der Waals surface area contributed by atoms with Crippen LogP contribution < -0.4 is 11.1 Å². The number of nitrogens with one attached hydrogen (secondary N) is 1. The van der Waals surface area contributed by atoms with Crippen LogP contribution >= 0.6 is 0 Å². The molecule has 0 fully saturated rings. The lowest BCUT2D eigenvalue weighted by Crippen LogP contribution is -2.19. The molecule has 2 rings (SSSR count). The summed E-state index contributed by atoms with van der Waals surface area (Å²) in [6, 6.07) is 6.01. The quantitative estimate of drug-likeness (QED) is 0.690. The molecule has 2 aromatic rings. The Kier molecular flexibility index (Phi) is 3.49. The zero-order valence-corrected chi connectivity index (χ0v) is 9.81. The molecule has 92 valence electrons. The van der Waals surface area contributed by atoms with E-state index in [4.69, 9.17) is 15.3 Å². The van der Waals surface area contributed by atoms with Gasteiger partial charge in [-0.1, -0.05) is 6.92 Å². The number of hydrogen-bond acceptors (Lipinski definition) is 5. The number of fused-ring (bicyclic) bond motifs is 1. The van der Waals surface area contributed by atoms with Gasteiger partial charge in [0.2, 0.25) is 0 Å². The predicted octanol–water partition coefficient (Wildman–Crippen LogP) is 1.98. The Bertz CT molecular complexity index is 495. The van der Waals surface area contributed by atoms with Gasteiger partial charge in [0, 0.05) is 18.3 Å². The number of hydrogen-bond donors (Lipinski definition) is 3. The molecule has 1 aromatic heterocycles. The second-order valence-electron chi connectivity index (χ2n) is 4.01. The van der Waals surface area contributed by atoms with Crippen LogP contribution in [0, 0.1) is 0 Å². The minimum Gasteiger partial charge on any atom is -0.424 e. The monoisotopic (exact) mass is 235 g/mol. The highest BCUT2D eigenvalue weighted by molar-refractivity contribution is 5.78. The average molecular weight is 235 g/mol. The van der Waals surface area contributed by atoms with Crippen molar-refractivity contribution in [1.29, 1.82) is 0 Å². The summed E-state index contributed by atoms with van der Waals surface area (Å²) >= 11 is 0. The standard InChI is InChI=1S/C12H17N3O2/c1-2-9(5-6-16)14-12-15-10-7-8(13)3-4-11(10)17-12/h3-4,7,9,16H,2,5-6,13H2,1H3,(H,14,15). The largest absolute Gasteiger partial charge is 0.424 e. The van der Waals surface area contributed by atoms with Gasteiger partial charge < -0.3 is 20.6 Å². The van der Waals surface area contributed by atoms with Crippen molar-refractivity contribution in [3.8, 4) is 0 Å². The Morgan fingerprint density at radius 3 is 3.06 bits per heavy atom. The van der Waals surface area contributed by atoms with E-state index in [0.29, 0.717) is 23.7 Å². The summed E-state index contributed by atoms with van der Waals surface area (Å²) in [5, 5.41) is 12.1. The summed E-state index contributed by atoms with van der Waals surface area (Å²) in [4.78, 5) is 4.30. The second kappa shape index (κ2) is 5.05. The summed E-state index contributed by atoms with van der Waals surface area (Å²) in [6.45, 7) is 2.20. The van der Waals surface area contributed by atoms with E-state index in [1.807, 2.05) is 6.92 Å². The maximum atomic E-state index is 8.91. The number of nitrogens with two attached hydrogens (primary N) is 1. The molecule has 1 unspecified atom stereocenters. The van der Waals surface area contributed by atoms with E-state index < -0.39 is 0 Å². The van der Waals surface area contributed by atoms with E-state index in [1.165, 1.54) is 0 Å². The van der Waals surface area contributed by atoms with Crippen molar-refractivity contribution in [3.63, 3.8) is 0 Å². The fourth-order valence-electron chi connectivity index (χ4n) is 1.72. The minimum absolute atomic E-state index is 0.151. The Labute approximate surface area is 99.6 Å². The summed E-state index contributed by atoms with van der Waals surface area (Å²) in [7, 11) is 0. The van der Waals surface area contributed by atoms with Crippen molar-refractivity contribution in [2.24, 2.45) is 0 Å². The SMILES string of the molecule is CCC(CCO)Nc1nc2cc(N)ccc2o1. The van der Waals surface area contributed by atoms with E-state index in [2.05, 4.69) is 10.3 Å². The number of oxazole rings is 1. The molecule has 0 saturated heterocycles. The summed E-state index contributed by atoms with van der Waals surface area (Å²) in [6.07, 6.45) is 1.58. The van der Waals surface area contributed by atoms with E-state index in [0.717, 1.165) is 11.9 Å². The van der Waals surface area contributed by atoms with Gasteiger partial charge in [0.1, 0.15) is 5.52 Å². The summed E-state index contributed by atoms with van der Waals surface area (Å²) < 4.78 is 5.54. The van der Waals surface area contributed by atoms with Crippen LogP contribution in [0.25, 0.3) is 11.1 Å². The highest BCUT2D eigenvalue weighted by atomic mass is 16.4. The average Bonchev–Trinajstić information content (AvgIpc) is 2.69. The number of anilines is 2. The molecule has 1 heterocycles. The molecule has 0 aliphatic heterocycles. The van der Waals surface area contributed by atoms with Gasteiger partial charge in [-0.3, -0.25) is 0 Å². The van der Waals surface area contributed by atoms with Crippen LogP contribution in [-0.2, 0) is 0 Å². The number of nitrogens with zero attached hydrogens (tertiary/aromatic N) is 1. The highest BCUT2D eigenvalue weighted by Gasteiger charge is 2.10. The zero-order chi connectivity index (χ0) is 12.3. The minimum atomic E-state index is 0.151. The summed E-state index contributed by atoms with van der Waals surface area (Å²) in [5.74, 6) is 0. The third kappa shape index (κ3) is 2.68. The highest BCUT2D eigenvalue weighted by Crippen LogP contribution is 2.22. The van der Waals surface area contributed by atoms with Crippen molar-refractivity contribution in [1.82, 2.24) is 4.98 Å². The van der Waals surface area contributed by atoms with Crippen molar-refractivity contribution in [2.45, 2.75) is 25.8 Å². The first-order valence-electron chi connectivity index (χ1n) is 5.76. The molecule has 0 saturated carbocycles. The molecule has 4 N–H and O–H groups in total. The van der Waals surface area contributed by atoms with Crippen molar-refractivity contribution >= 4 is 22.8 Å². The molecule has 0 amide bonds. The molecule has 0 aliphatic rings. The molecular formula is C12H17N3O2. The number of rotatable bonds is 5. The maximum Gasteiger partial charge on any atom is 0.295 e. The molecule has 5 heteroatoms. The second-order valence-corrected chi connectivity index (χ2v) is 4.01. The first-order valence-corrected chi connectivity index (χ1v) is 5.76. The van der Waals surface area contributed by atoms with E-state index in [-0.39, 0.29) is 12.6 Å². The number of aliphatic hydroxyl groups excluding tert-OH is 1. The summed E-state index contributed by atoms with van der Waals surface area (Å²) in [5.41, 5.74) is 7.79. The normalized spacial score (nSPS) is 12.8. The lowest BCUT2D eigenvalue weighted by molar-refractivity contribution is 0.277. The van der Waals surface area contributed by atoms with Gasteiger partial charge in [-0.25, -0.2) is 0 Å². The van der Waals surface area contributed by atoms with Gasteiger partial charge in [-0.2, -0.15) is 4.98 Å². The number of aromatic nitrogens is 1. The lowest BCUT2D eigenvalue weighted by Gasteiger charge is -2.13. The smallest absolute Gasteiger partial charge is 0.295 e. The third-order valence-corrected chi connectivity index (χ3v) is 2.71. The van der Waals surface area contributed by atoms with Gasteiger partial charge in [0.05, 0.1) is 0 Å². The molecule has 0 spiro atoms. The lowest BCUT2D eigenvalue weighted by atomic mass is 10.2. The van der Waals surface area contributed by atoms with Crippen molar-refractivity contribution < 1.29 is 9.52 Å². The van der Waals surface area contributed by atoms with Crippen LogP contribution in [0.5, 0.6) is 0 Å². The Hall–Kier alpha value is -1.75. The fraction of sp³-hybridized carbons (Fsp3) is 0.417. The van der Waals surface area contributed by atoms with Crippen LogP contribution in [0.1, 0.15) is 19.8 Å². The Morgan fingerprint density at radius 2 is 2.35 bits per heavy atom. The third-order valence-electron chi connectivity index (χ3n) is 2.71. The molecule has 1 atom stereocenters. The van der Waals surface area contributed by atoms with Crippen molar-refractivity contribution in [3.05, 3.63) is 18.2 Å². The van der Waals surface area contributed by atoms with Crippen LogP contribution in [0.2, 0.25) is 0 Å². The fourth-order valence-corrected chi connectivity index (χ4v) is 1.72. The van der Waals surface area contributed by atoms with Gasteiger partial charge in [-0.05, 0) is 31.0 Å². The van der Waals surface area contributed by atoms with Gasteiger partial charge >= 0.3 is 0 Å². The zero-order valence-electron chi connectivity index (χ0n) is 9.81. The molecule has 0 aliphatic carbocycles. The van der Waals surface area contributed by atoms with E-state index in [9.17, 15) is 0 Å². The van der Waals surface area contributed by atoms with Gasteiger partial charge in [0.25, 0.3) is 6.01 Å². The Morgan fingerprint density at radius 1 is 1.53 bits per heavy atom. The number of benzene rings is 1. The number of aliphatic hydroxyl groups is 1.